The Balaban J connectivity index is 1.56. The lowest BCUT2D eigenvalue weighted by Gasteiger charge is -2.31. The number of aryl methyl sites for hydroxylation is 2. The number of methoxy groups -OCH3 is 1. The number of benzene rings is 1. The molecule has 0 saturated carbocycles. The van der Waals surface area contributed by atoms with Crippen LogP contribution in [0, 0.1) is 13.8 Å². The van der Waals surface area contributed by atoms with E-state index in [4.69, 9.17) is 4.74 Å². The molecule has 0 atom stereocenters. The highest BCUT2D eigenvalue weighted by Gasteiger charge is 2.27. The van der Waals surface area contributed by atoms with E-state index in [1.54, 1.807) is 11.7 Å². The van der Waals surface area contributed by atoms with Crippen molar-refractivity contribution in [1.29, 1.82) is 0 Å². The fourth-order valence-corrected chi connectivity index (χ4v) is 3.95. The van der Waals surface area contributed by atoms with E-state index in [9.17, 15) is 9.59 Å². The van der Waals surface area contributed by atoms with Crippen LogP contribution in [0.2, 0.25) is 0 Å². The van der Waals surface area contributed by atoms with E-state index in [-0.39, 0.29) is 17.5 Å². The van der Waals surface area contributed by atoms with Crippen LogP contribution in [0.5, 0.6) is 0 Å². The highest BCUT2D eigenvalue weighted by atomic mass is 16.5. The zero-order chi connectivity index (χ0) is 21.7. The first kappa shape index (κ1) is 22.2. The summed E-state index contributed by atoms with van der Waals surface area (Å²) in [5.74, 6) is 1.10. The van der Waals surface area contributed by atoms with Gasteiger partial charge in [-0.15, -0.1) is 0 Å². The summed E-state index contributed by atoms with van der Waals surface area (Å²) in [7, 11) is 1.62. The van der Waals surface area contributed by atoms with Crippen molar-refractivity contribution >= 4 is 11.6 Å². The standard InChI is InChI=1S/C22H33N5O3/c1-5-26-21(24-27(22(26)29)12-13-30-4)18-8-10-25(11-9-18)15-20(28)23-19-7-6-16(2)17(3)14-19/h6-7,14,18H,5,8-13,15H2,1-4H3,(H,23,28). The number of hydrogen-bond acceptors (Lipinski definition) is 5. The first-order valence-electron chi connectivity index (χ1n) is 10.7. The maximum atomic E-state index is 12.5. The van der Waals surface area contributed by atoms with Gasteiger partial charge in [0.1, 0.15) is 5.82 Å². The molecule has 2 heterocycles. The Morgan fingerprint density at radius 1 is 1.23 bits per heavy atom. The van der Waals surface area contributed by atoms with Gasteiger partial charge in [0, 0.05) is 25.3 Å². The van der Waals surface area contributed by atoms with Gasteiger partial charge in [-0.1, -0.05) is 6.07 Å². The average molecular weight is 416 g/mol. The molecule has 0 bridgehead atoms. The van der Waals surface area contributed by atoms with Gasteiger partial charge in [-0.05, 0) is 70.0 Å². The molecule has 3 rings (SSSR count). The number of amides is 1. The van der Waals surface area contributed by atoms with Gasteiger partial charge in [-0.2, -0.15) is 5.10 Å². The number of piperidine rings is 1. The van der Waals surface area contributed by atoms with Crippen LogP contribution in [-0.4, -0.2) is 58.5 Å². The lowest BCUT2D eigenvalue weighted by Crippen LogP contribution is -2.39. The summed E-state index contributed by atoms with van der Waals surface area (Å²) in [5, 5.41) is 7.58. The Hall–Kier alpha value is -2.45. The maximum absolute atomic E-state index is 12.5. The van der Waals surface area contributed by atoms with Crippen LogP contribution in [0.1, 0.15) is 42.6 Å². The summed E-state index contributed by atoms with van der Waals surface area (Å²) in [4.78, 5) is 27.2. The number of nitrogens with zero attached hydrogens (tertiary/aromatic N) is 4. The topological polar surface area (TPSA) is 81.4 Å². The van der Waals surface area contributed by atoms with Crippen LogP contribution in [0.25, 0.3) is 0 Å². The maximum Gasteiger partial charge on any atom is 0.345 e. The Bertz CT molecular complexity index is 925. The minimum absolute atomic E-state index is 0.00557. The quantitative estimate of drug-likeness (QED) is 0.714. The first-order chi connectivity index (χ1) is 14.4. The van der Waals surface area contributed by atoms with Crippen LogP contribution in [0.4, 0.5) is 5.69 Å². The number of ether oxygens (including phenoxy) is 1. The predicted molar refractivity (Wildman–Crippen MR) is 117 cm³/mol. The van der Waals surface area contributed by atoms with Gasteiger partial charge in [0.05, 0.1) is 19.7 Å². The average Bonchev–Trinajstić information content (AvgIpc) is 3.05. The zero-order valence-electron chi connectivity index (χ0n) is 18.5. The third kappa shape index (κ3) is 5.17. The van der Waals surface area contributed by atoms with Crippen LogP contribution >= 0.6 is 0 Å². The van der Waals surface area contributed by atoms with Gasteiger partial charge in [-0.25, -0.2) is 9.48 Å². The fraction of sp³-hybridized carbons (Fsp3) is 0.591. The van der Waals surface area contributed by atoms with E-state index in [1.807, 2.05) is 32.0 Å². The SMILES string of the molecule is CCn1c(C2CCN(CC(=O)Nc3ccc(C)c(C)c3)CC2)nn(CCOC)c1=O. The molecule has 0 unspecified atom stereocenters. The van der Waals surface area contributed by atoms with Crippen molar-refractivity contribution in [2.45, 2.75) is 52.6 Å². The highest BCUT2D eigenvalue weighted by Crippen LogP contribution is 2.26. The molecule has 1 aromatic carbocycles. The molecule has 0 aliphatic carbocycles. The fourth-order valence-electron chi connectivity index (χ4n) is 3.95. The van der Waals surface area contributed by atoms with Crippen molar-refractivity contribution in [2.75, 3.05) is 38.7 Å². The van der Waals surface area contributed by atoms with E-state index >= 15 is 0 Å². The number of anilines is 1. The number of carbonyl (C=O) groups is 1. The largest absolute Gasteiger partial charge is 0.383 e. The number of nitrogens with one attached hydrogen (secondary N) is 1. The molecule has 0 spiro atoms. The Morgan fingerprint density at radius 2 is 1.97 bits per heavy atom. The number of rotatable bonds is 8. The van der Waals surface area contributed by atoms with Gasteiger partial charge >= 0.3 is 5.69 Å². The summed E-state index contributed by atoms with van der Waals surface area (Å²) >= 11 is 0. The predicted octanol–water partition coefficient (Wildman–Crippen LogP) is 2.15. The number of hydrogen-bond donors (Lipinski definition) is 1. The molecular formula is C22H33N5O3. The Kier molecular flexibility index (Phi) is 7.44. The lowest BCUT2D eigenvalue weighted by atomic mass is 9.96. The van der Waals surface area contributed by atoms with Crippen molar-refractivity contribution in [2.24, 2.45) is 0 Å². The minimum atomic E-state index is -0.0697. The molecule has 2 aromatic rings. The van der Waals surface area contributed by atoms with Crippen LogP contribution < -0.4 is 11.0 Å². The summed E-state index contributed by atoms with van der Waals surface area (Å²) < 4.78 is 8.35. The highest BCUT2D eigenvalue weighted by molar-refractivity contribution is 5.92. The summed E-state index contributed by atoms with van der Waals surface area (Å²) in [6.45, 7) is 9.62. The minimum Gasteiger partial charge on any atom is -0.383 e. The van der Waals surface area contributed by atoms with Gasteiger partial charge in [0.2, 0.25) is 5.91 Å². The third-order valence-electron chi connectivity index (χ3n) is 5.89. The molecule has 8 heteroatoms. The molecule has 1 amide bonds. The van der Waals surface area contributed by atoms with E-state index in [0.29, 0.717) is 26.2 Å². The Morgan fingerprint density at radius 3 is 2.60 bits per heavy atom. The molecule has 1 fully saturated rings. The monoisotopic (exact) mass is 415 g/mol. The van der Waals surface area contributed by atoms with Gasteiger partial charge < -0.3 is 10.1 Å². The van der Waals surface area contributed by atoms with Gasteiger partial charge in [0.25, 0.3) is 0 Å². The van der Waals surface area contributed by atoms with Crippen LogP contribution in [0.3, 0.4) is 0 Å². The molecule has 1 saturated heterocycles. The molecule has 8 nitrogen and oxygen atoms in total. The smallest absolute Gasteiger partial charge is 0.345 e. The van der Waals surface area contributed by atoms with E-state index < -0.39 is 0 Å². The second-order valence-electron chi connectivity index (χ2n) is 8.00. The molecule has 0 radical (unpaired) electrons. The molecule has 164 valence electrons. The van der Waals surface area contributed by atoms with Gasteiger partial charge in [0.15, 0.2) is 0 Å². The normalized spacial score (nSPS) is 15.5. The van der Waals surface area contributed by atoms with Crippen molar-refractivity contribution in [3.63, 3.8) is 0 Å². The molecule has 30 heavy (non-hydrogen) atoms. The molecule has 1 N–H and O–H groups in total. The molecule has 1 aliphatic rings. The van der Waals surface area contributed by atoms with Crippen molar-refractivity contribution in [3.05, 3.63) is 45.6 Å². The lowest BCUT2D eigenvalue weighted by molar-refractivity contribution is -0.117. The second kappa shape index (κ2) is 10.0. The second-order valence-corrected chi connectivity index (χ2v) is 8.00. The Labute approximate surface area is 177 Å². The van der Waals surface area contributed by atoms with Crippen molar-refractivity contribution < 1.29 is 9.53 Å². The third-order valence-corrected chi connectivity index (χ3v) is 5.89. The van der Waals surface area contributed by atoms with E-state index in [1.165, 1.54) is 15.8 Å². The number of likely N-dealkylation sites (tertiary alicyclic amines) is 1. The molecule has 1 aromatic heterocycles. The van der Waals surface area contributed by atoms with E-state index in [0.717, 1.165) is 37.4 Å². The molecule has 1 aliphatic heterocycles. The van der Waals surface area contributed by atoms with Crippen molar-refractivity contribution in [1.82, 2.24) is 19.2 Å². The summed E-state index contributed by atoms with van der Waals surface area (Å²) in [6.07, 6.45) is 1.77. The van der Waals surface area contributed by atoms with Crippen molar-refractivity contribution in [3.8, 4) is 0 Å². The van der Waals surface area contributed by atoms with Crippen LogP contribution in [-0.2, 0) is 22.6 Å². The van der Waals surface area contributed by atoms with E-state index in [2.05, 4.69) is 22.2 Å². The summed E-state index contributed by atoms with van der Waals surface area (Å²) in [6, 6.07) is 5.97. The van der Waals surface area contributed by atoms with Gasteiger partial charge in [-0.3, -0.25) is 14.3 Å². The summed E-state index contributed by atoms with van der Waals surface area (Å²) in [5.41, 5.74) is 3.15. The zero-order valence-corrected chi connectivity index (χ0v) is 18.5. The molecular weight excluding hydrogens is 382 g/mol. The van der Waals surface area contributed by atoms with Crippen LogP contribution in [0.15, 0.2) is 23.0 Å². The first-order valence-corrected chi connectivity index (χ1v) is 10.7. The number of carbonyl (C=O) groups excluding carboxylic acids is 1. The number of aromatic nitrogens is 3.